The summed E-state index contributed by atoms with van der Waals surface area (Å²) < 4.78 is 12.5. The summed E-state index contributed by atoms with van der Waals surface area (Å²) in [5, 5.41) is 0. The number of likely N-dealkylation sites (tertiary alicyclic amines) is 1. The highest BCUT2D eigenvalue weighted by Gasteiger charge is 2.25. The van der Waals surface area contributed by atoms with Crippen LogP contribution in [0.1, 0.15) is 18.5 Å². The number of nitrogens with zero attached hydrogens (tertiary/aromatic N) is 3. The van der Waals surface area contributed by atoms with Crippen LogP contribution in [0.5, 0.6) is 0 Å². The first kappa shape index (κ1) is 17.5. The van der Waals surface area contributed by atoms with Gasteiger partial charge >= 0.3 is 5.76 Å². The number of benzene rings is 1. The van der Waals surface area contributed by atoms with Gasteiger partial charge in [0.25, 0.3) is 0 Å². The molecule has 0 aliphatic carbocycles. The van der Waals surface area contributed by atoms with E-state index in [0.717, 1.165) is 18.5 Å². The van der Waals surface area contributed by atoms with E-state index in [9.17, 15) is 9.59 Å². The van der Waals surface area contributed by atoms with Crippen molar-refractivity contribution in [2.45, 2.75) is 32.1 Å². The quantitative estimate of drug-likeness (QED) is 0.691. The molecule has 7 nitrogen and oxygen atoms in total. The second-order valence-corrected chi connectivity index (χ2v) is 6.66. The first-order chi connectivity index (χ1) is 13.2. The number of amides is 1. The van der Waals surface area contributed by atoms with Gasteiger partial charge in [-0.1, -0.05) is 18.2 Å². The number of hydrogen-bond acceptors (Lipinski definition) is 5. The van der Waals surface area contributed by atoms with E-state index in [1.54, 1.807) is 29.3 Å². The molecule has 2 aromatic heterocycles. The molecule has 0 radical (unpaired) electrons. The largest absolute Gasteiger partial charge is 0.420 e. The Labute approximate surface area is 156 Å². The molecule has 27 heavy (non-hydrogen) atoms. The molecular formula is C20H21N3O4. The molecule has 0 spiro atoms. The number of hydrogen-bond donors (Lipinski definition) is 0. The van der Waals surface area contributed by atoms with E-state index >= 15 is 0 Å². The lowest BCUT2D eigenvalue weighted by atomic mass is 10.1. The number of para-hydroxylation sites is 2. The van der Waals surface area contributed by atoms with Crippen LogP contribution in [0.25, 0.3) is 11.1 Å². The van der Waals surface area contributed by atoms with Crippen molar-refractivity contribution in [2.75, 3.05) is 13.1 Å². The van der Waals surface area contributed by atoms with Gasteiger partial charge in [-0.25, -0.2) is 4.79 Å². The zero-order valence-electron chi connectivity index (χ0n) is 14.9. The standard InChI is InChI=1S/C20H21N3O4/c24-19(13-23-17-8-1-2-9-18(17)27-20(23)25)22-11-5-7-16(12-22)26-14-15-6-3-4-10-21-15/h1-4,6,8-10,16H,5,7,11-14H2/t16-/m0/s1. The van der Waals surface area contributed by atoms with E-state index in [1.807, 2.05) is 24.3 Å². The van der Waals surface area contributed by atoms with Gasteiger partial charge in [-0.2, -0.15) is 0 Å². The molecule has 1 amide bonds. The van der Waals surface area contributed by atoms with Crippen LogP contribution in [0.2, 0.25) is 0 Å². The summed E-state index contributed by atoms with van der Waals surface area (Å²) in [5.41, 5.74) is 2.00. The van der Waals surface area contributed by atoms with Crippen molar-refractivity contribution < 1.29 is 13.9 Å². The number of fused-ring (bicyclic) bond motifs is 1. The molecule has 1 aliphatic rings. The molecule has 3 aromatic rings. The maximum atomic E-state index is 12.7. The summed E-state index contributed by atoms with van der Waals surface area (Å²) in [7, 11) is 0. The third kappa shape index (κ3) is 3.93. The average molecular weight is 367 g/mol. The molecule has 0 saturated carbocycles. The fourth-order valence-corrected chi connectivity index (χ4v) is 3.39. The molecule has 140 valence electrons. The second-order valence-electron chi connectivity index (χ2n) is 6.66. The molecule has 1 saturated heterocycles. The fourth-order valence-electron chi connectivity index (χ4n) is 3.39. The van der Waals surface area contributed by atoms with E-state index < -0.39 is 5.76 Å². The summed E-state index contributed by atoms with van der Waals surface area (Å²) in [6.07, 6.45) is 3.50. The number of pyridine rings is 1. The average Bonchev–Trinajstić information content (AvgIpc) is 3.03. The predicted octanol–water partition coefficient (Wildman–Crippen LogP) is 2.20. The molecule has 0 bridgehead atoms. The van der Waals surface area contributed by atoms with E-state index in [0.29, 0.717) is 30.8 Å². The third-order valence-electron chi connectivity index (χ3n) is 4.79. The number of aromatic nitrogens is 2. The van der Waals surface area contributed by atoms with E-state index in [1.165, 1.54) is 4.57 Å². The van der Waals surface area contributed by atoms with Gasteiger partial charge in [-0.05, 0) is 37.1 Å². The lowest BCUT2D eigenvalue weighted by molar-refractivity contribution is -0.136. The first-order valence-corrected chi connectivity index (χ1v) is 9.08. The highest BCUT2D eigenvalue weighted by atomic mass is 16.5. The van der Waals surface area contributed by atoms with Crippen LogP contribution in [-0.4, -0.2) is 39.6 Å². The molecule has 1 aliphatic heterocycles. The molecule has 0 N–H and O–H groups in total. The summed E-state index contributed by atoms with van der Waals surface area (Å²) in [4.78, 5) is 30.8. The Bertz CT molecular complexity index is 980. The molecule has 1 aromatic carbocycles. The van der Waals surface area contributed by atoms with Crippen LogP contribution in [-0.2, 0) is 22.7 Å². The second kappa shape index (κ2) is 7.75. The van der Waals surface area contributed by atoms with Gasteiger partial charge in [0.05, 0.1) is 23.9 Å². The highest BCUT2D eigenvalue weighted by molar-refractivity contribution is 5.79. The molecular weight excluding hydrogens is 346 g/mol. The lowest BCUT2D eigenvalue weighted by Gasteiger charge is -2.32. The maximum Gasteiger partial charge on any atom is 0.420 e. The van der Waals surface area contributed by atoms with Crippen LogP contribution in [0, 0.1) is 0 Å². The van der Waals surface area contributed by atoms with Gasteiger partial charge in [-0.15, -0.1) is 0 Å². The van der Waals surface area contributed by atoms with E-state index in [-0.39, 0.29) is 18.6 Å². The van der Waals surface area contributed by atoms with Crippen molar-refractivity contribution in [1.29, 1.82) is 0 Å². The van der Waals surface area contributed by atoms with Crippen LogP contribution < -0.4 is 5.76 Å². The minimum Gasteiger partial charge on any atom is -0.408 e. The maximum absolute atomic E-state index is 12.7. The van der Waals surface area contributed by atoms with Crippen LogP contribution in [0.4, 0.5) is 0 Å². The van der Waals surface area contributed by atoms with Gasteiger partial charge in [-0.3, -0.25) is 14.3 Å². The number of carbonyl (C=O) groups is 1. The first-order valence-electron chi connectivity index (χ1n) is 9.08. The predicted molar refractivity (Wildman–Crippen MR) is 99.1 cm³/mol. The van der Waals surface area contributed by atoms with Gasteiger partial charge < -0.3 is 14.1 Å². The van der Waals surface area contributed by atoms with Crippen molar-refractivity contribution in [2.24, 2.45) is 0 Å². The van der Waals surface area contributed by atoms with Crippen molar-refractivity contribution in [1.82, 2.24) is 14.5 Å². The van der Waals surface area contributed by atoms with Crippen molar-refractivity contribution >= 4 is 17.0 Å². The highest BCUT2D eigenvalue weighted by Crippen LogP contribution is 2.17. The van der Waals surface area contributed by atoms with Gasteiger partial charge in [0.15, 0.2) is 5.58 Å². The Hall–Kier alpha value is -2.93. The number of rotatable bonds is 5. The van der Waals surface area contributed by atoms with E-state index in [2.05, 4.69) is 4.98 Å². The summed E-state index contributed by atoms with van der Waals surface area (Å²) in [6, 6.07) is 12.8. The van der Waals surface area contributed by atoms with Crippen LogP contribution >= 0.6 is 0 Å². The topological polar surface area (TPSA) is 77.6 Å². The molecule has 3 heterocycles. The Morgan fingerprint density at radius 1 is 1.22 bits per heavy atom. The Morgan fingerprint density at radius 2 is 2.07 bits per heavy atom. The zero-order valence-corrected chi connectivity index (χ0v) is 14.9. The van der Waals surface area contributed by atoms with Crippen molar-refractivity contribution in [3.05, 3.63) is 64.9 Å². The van der Waals surface area contributed by atoms with Crippen molar-refractivity contribution in [3.8, 4) is 0 Å². The van der Waals surface area contributed by atoms with Gasteiger partial charge in [0, 0.05) is 19.3 Å². The fraction of sp³-hybridized carbons (Fsp3) is 0.350. The number of oxazole rings is 1. The Balaban J connectivity index is 1.39. The zero-order chi connectivity index (χ0) is 18.6. The summed E-state index contributed by atoms with van der Waals surface area (Å²) in [5.74, 6) is -0.612. The van der Waals surface area contributed by atoms with Crippen LogP contribution in [0.3, 0.4) is 0 Å². The number of carbonyl (C=O) groups excluding carboxylic acids is 1. The molecule has 0 unspecified atom stereocenters. The third-order valence-corrected chi connectivity index (χ3v) is 4.79. The number of ether oxygens (including phenoxy) is 1. The SMILES string of the molecule is O=C(Cn1c(=O)oc2ccccc21)N1CCC[C@H](OCc2ccccn2)C1. The lowest BCUT2D eigenvalue weighted by Crippen LogP contribution is -2.45. The van der Waals surface area contributed by atoms with Gasteiger partial charge in [0.1, 0.15) is 6.54 Å². The monoisotopic (exact) mass is 367 g/mol. The molecule has 1 fully saturated rings. The normalized spacial score (nSPS) is 17.3. The molecule has 1 atom stereocenters. The summed E-state index contributed by atoms with van der Waals surface area (Å²) in [6.45, 7) is 1.60. The van der Waals surface area contributed by atoms with Crippen molar-refractivity contribution in [3.63, 3.8) is 0 Å². The summed E-state index contributed by atoms with van der Waals surface area (Å²) >= 11 is 0. The van der Waals surface area contributed by atoms with Crippen LogP contribution in [0.15, 0.2) is 57.9 Å². The van der Waals surface area contributed by atoms with Gasteiger partial charge in [0.2, 0.25) is 5.91 Å². The molecule has 7 heteroatoms. The minimum absolute atomic E-state index is 0.0250. The Morgan fingerprint density at radius 3 is 2.93 bits per heavy atom. The number of piperidine rings is 1. The minimum atomic E-state index is -0.510. The molecule has 4 rings (SSSR count). The van der Waals surface area contributed by atoms with E-state index in [4.69, 9.17) is 9.15 Å². The smallest absolute Gasteiger partial charge is 0.408 e. The Kier molecular flexibility index (Phi) is 5.02.